The van der Waals surface area contributed by atoms with E-state index in [0.717, 1.165) is 36.2 Å². The first-order valence-electron chi connectivity index (χ1n) is 9.02. The van der Waals surface area contributed by atoms with E-state index in [2.05, 4.69) is 24.1 Å². The molecule has 0 saturated carbocycles. The number of fused-ring (bicyclic) bond motifs is 1. The molecule has 144 valence electrons. The average Bonchev–Trinajstić information content (AvgIpc) is 2.97. The zero-order valence-electron chi connectivity index (χ0n) is 15.6. The van der Waals surface area contributed by atoms with Crippen molar-refractivity contribution in [1.82, 2.24) is 14.8 Å². The molecule has 0 spiro atoms. The average molecular weight is 406 g/mol. The molecule has 0 aliphatic heterocycles. The predicted octanol–water partition coefficient (Wildman–Crippen LogP) is 4.78. The number of likely N-dealkylation sites (N-methyl/N-ethyl adjacent to an activating group) is 1. The van der Waals surface area contributed by atoms with Crippen molar-refractivity contribution in [2.24, 2.45) is 0 Å². The Morgan fingerprint density at radius 3 is 2.33 bits per heavy atom. The number of para-hydroxylation sites is 2. The van der Waals surface area contributed by atoms with Crippen LogP contribution in [0.3, 0.4) is 0 Å². The van der Waals surface area contributed by atoms with Crippen LogP contribution in [0.15, 0.2) is 54.6 Å². The maximum Gasteiger partial charge on any atom is 0.255 e. The van der Waals surface area contributed by atoms with Crippen molar-refractivity contribution >= 4 is 40.8 Å². The van der Waals surface area contributed by atoms with Gasteiger partial charge in [0.1, 0.15) is 5.15 Å². The Balaban J connectivity index is 0.00000261. The molecule has 1 aromatic heterocycles. The molecule has 3 rings (SSSR count). The molecule has 3 aromatic rings. The van der Waals surface area contributed by atoms with Crippen molar-refractivity contribution in [3.8, 4) is 5.69 Å². The molecule has 1 amide bonds. The molecule has 0 bridgehead atoms. The second-order valence-corrected chi connectivity index (χ2v) is 6.49. The lowest BCUT2D eigenvalue weighted by Gasteiger charge is -2.17. The summed E-state index contributed by atoms with van der Waals surface area (Å²) in [6, 6.07) is 17.7. The van der Waals surface area contributed by atoms with E-state index in [1.165, 1.54) is 0 Å². The van der Waals surface area contributed by atoms with Gasteiger partial charge in [-0.25, -0.2) is 0 Å². The van der Waals surface area contributed by atoms with Gasteiger partial charge in [-0.05, 0) is 31.3 Å². The van der Waals surface area contributed by atoms with Gasteiger partial charge in [-0.15, -0.1) is 12.4 Å². The van der Waals surface area contributed by atoms with Crippen molar-refractivity contribution in [1.29, 1.82) is 0 Å². The second-order valence-electron chi connectivity index (χ2n) is 6.14. The van der Waals surface area contributed by atoms with E-state index >= 15 is 0 Å². The third-order valence-electron chi connectivity index (χ3n) is 4.67. The third kappa shape index (κ3) is 4.46. The smallest absolute Gasteiger partial charge is 0.255 e. The molecular formula is C21H25Cl2N3O. The Labute approximate surface area is 171 Å². The summed E-state index contributed by atoms with van der Waals surface area (Å²) >= 11 is 6.67. The fourth-order valence-electron chi connectivity index (χ4n) is 3.21. The van der Waals surface area contributed by atoms with Gasteiger partial charge < -0.3 is 10.2 Å². The molecule has 0 saturated heterocycles. The molecule has 1 N–H and O–H groups in total. The lowest BCUT2D eigenvalue weighted by molar-refractivity contribution is 0.0950. The van der Waals surface area contributed by atoms with Crippen molar-refractivity contribution in [2.45, 2.75) is 13.8 Å². The largest absolute Gasteiger partial charge is 0.351 e. The zero-order valence-corrected chi connectivity index (χ0v) is 17.2. The molecule has 0 fully saturated rings. The number of hydrogen-bond acceptors (Lipinski definition) is 2. The Kier molecular flexibility index (Phi) is 7.72. The number of aromatic nitrogens is 1. The van der Waals surface area contributed by atoms with E-state index < -0.39 is 0 Å². The molecule has 0 aliphatic rings. The van der Waals surface area contributed by atoms with Gasteiger partial charge in [-0.2, -0.15) is 0 Å². The van der Waals surface area contributed by atoms with Crippen LogP contribution in [0.4, 0.5) is 0 Å². The van der Waals surface area contributed by atoms with Crippen LogP contribution in [0.1, 0.15) is 24.2 Å². The minimum absolute atomic E-state index is 0. The number of amides is 1. The number of halogens is 2. The fourth-order valence-corrected chi connectivity index (χ4v) is 3.59. The van der Waals surface area contributed by atoms with Crippen LogP contribution in [-0.2, 0) is 0 Å². The highest BCUT2D eigenvalue weighted by molar-refractivity contribution is 6.36. The van der Waals surface area contributed by atoms with Gasteiger partial charge in [0, 0.05) is 24.2 Å². The normalized spacial score (nSPS) is 10.8. The van der Waals surface area contributed by atoms with Gasteiger partial charge in [0.2, 0.25) is 0 Å². The standard InChI is InChI=1S/C21H24ClN3O.ClH/c1-3-24(4-2)15-14-23-21(26)19-17-12-8-9-13-18(17)25(20(19)22)16-10-6-5-7-11-16;/h5-13H,3-4,14-15H2,1-2H3,(H,23,26);1H. The van der Waals surface area contributed by atoms with Crippen molar-refractivity contribution in [3.63, 3.8) is 0 Å². The van der Waals surface area contributed by atoms with Crippen LogP contribution in [0, 0.1) is 0 Å². The number of carbonyl (C=O) groups excluding carboxylic acids is 1. The monoisotopic (exact) mass is 405 g/mol. The van der Waals surface area contributed by atoms with Crippen LogP contribution in [-0.4, -0.2) is 41.6 Å². The second kappa shape index (κ2) is 9.79. The number of nitrogens with one attached hydrogen (secondary N) is 1. The van der Waals surface area contributed by atoms with Gasteiger partial charge in [-0.3, -0.25) is 9.36 Å². The number of carbonyl (C=O) groups is 1. The van der Waals surface area contributed by atoms with Gasteiger partial charge in [0.05, 0.1) is 11.1 Å². The molecule has 0 atom stereocenters. The van der Waals surface area contributed by atoms with Crippen molar-refractivity contribution in [2.75, 3.05) is 26.2 Å². The summed E-state index contributed by atoms with van der Waals surface area (Å²) in [7, 11) is 0. The maximum absolute atomic E-state index is 12.9. The molecule has 27 heavy (non-hydrogen) atoms. The molecule has 1 heterocycles. The molecular weight excluding hydrogens is 381 g/mol. The minimum atomic E-state index is -0.131. The Hall–Kier alpha value is -2.01. The highest BCUT2D eigenvalue weighted by atomic mass is 35.5. The van der Waals surface area contributed by atoms with E-state index in [-0.39, 0.29) is 18.3 Å². The molecule has 0 aliphatic carbocycles. The lowest BCUT2D eigenvalue weighted by Crippen LogP contribution is -2.34. The minimum Gasteiger partial charge on any atom is -0.351 e. The highest BCUT2D eigenvalue weighted by Gasteiger charge is 2.21. The van der Waals surface area contributed by atoms with Crippen molar-refractivity contribution in [3.05, 3.63) is 65.3 Å². The van der Waals surface area contributed by atoms with E-state index in [1.54, 1.807) is 0 Å². The van der Waals surface area contributed by atoms with Crippen LogP contribution in [0.5, 0.6) is 0 Å². The number of rotatable bonds is 7. The quantitative estimate of drug-likeness (QED) is 0.613. The van der Waals surface area contributed by atoms with Gasteiger partial charge in [-0.1, -0.05) is 61.8 Å². The summed E-state index contributed by atoms with van der Waals surface area (Å²) in [5.74, 6) is -0.131. The Morgan fingerprint density at radius 1 is 1.04 bits per heavy atom. The Bertz CT molecular complexity index is 889. The van der Waals surface area contributed by atoms with Crippen LogP contribution >= 0.6 is 24.0 Å². The van der Waals surface area contributed by atoms with Gasteiger partial charge in [0.15, 0.2) is 0 Å². The number of benzene rings is 2. The number of nitrogens with zero attached hydrogens (tertiary/aromatic N) is 2. The summed E-state index contributed by atoms with van der Waals surface area (Å²) in [6.45, 7) is 7.61. The fraction of sp³-hybridized carbons (Fsp3) is 0.286. The van der Waals surface area contributed by atoms with Crippen LogP contribution in [0.25, 0.3) is 16.6 Å². The van der Waals surface area contributed by atoms with Gasteiger partial charge >= 0.3 is 0 Å². The lowest BCUT2D eigenvalue weighted by atomic mass is 10.1. The summed E-state index contributed by atoms with van der Waals surface area (Å²) < 4.78 is 1.93. The summed E-state index contributed by atoms with van der Waals surface area (Å²) in [5.41, 5.74) is 2.40. The summed E-state index contributed by atoms with van der Waals surface area (Å²) in [4.78, 5) is 15.1. The molecule has 0 radical (unpaired) electrons. The zero-order chi connectivity index (χ0) is 18.5. The first-order chi connectivity index (χ1) is 12.7. The predicted molar refractivity (Wildman–Crippen MR) is 116 cm³/mol. The van der Waals surface area contributed by atoms with Crippen LogP contribution in [0.2, 0.25) is 5.15 Å². The summed E-state index contributed by atoms with van der Waals surface area (Å²) in [5, 5.41) is 4.32. The van der Waals surface area contributed by atoms with Crippen molar-refractivity contribution < 1.29 is 4.79 Å². The third-order valence-corrected chi connectivity index (χ3v) is 5.02. The van der Waals surface area contributed by atoms with E-state index in [9.17, 15) is 4.79 Å². The van der Waals surface area contributed by atoms with E-state index in [4.69, 9.17) is 11.6 Å². The maximum atomic E-state index is 12.9. The first-order valence-corrected chi connectivity index (χ1v) is 9.40. The SMILES string of the molecule is CCN(CC)CCNC(=O)c1c(Cl)n(-c2ccccc2)c2ccccc12.Cl. The molecule has 6 heteroatoms. The summed E-state index contributed by atoms with van der Waals surface area (Å²) in [6.07, 6.45) is 0. The topological polar surface area (TPSA) is 37.3 Å². The first kappa shape index (κ1) is 21.3. The van der Waals surface area contributed by atoms with Crippen LogP contribution < -0.4 is 5.32 Å². The highest BCUT2D eigenvalue weighted by Crippen LogP contribution is 2.32. The van der Waals surface area contributed by atoms with Gasteiger partial charge in [0.25, 0.3) is 5.91 Å². The number of hydrogen-bond donors (Lipinski definition) is 1. The van der Waals surface area contributed by atoms with E-state index in [1.807, 2.05) is 59.2 Å². The molecule has 0 unspecified atom stereocenters. The molecule has 4 nitrogen and oxygen atoms in total. The Morgan fingerprint density at radius 2 is 1.67 bits per heavy atom. The molecule has 2 aromatic carbocycles. The van der Waals surface area contributed by atoms with E-state index in [0.29, 0.717) is 17.3 Å².